The van der Waals surface area contributed by atoms with Crippen molar-refractivity contribution in [3.05, 3.63) is 32.2 Å². The van der Waals surface area contributed by atoms with E-state index < -0.39 is 0 Å². The van der Waals surface area contributed by atoms with E-state index in [1.54, 1.807) is 0 Å². The van der Waals surface area contributed by atoms with Crippen LogP contribution in [0.5, 0.6) is 0 Å². The van der Waals surface area contributed by atoms with Gasteiger partial charge in [-0.25, -0.2) is 0 Å². The largest absolute Gasteiger partial charge is 0.392 e. The van der Waals surface area contributed by atoms with Gasteiger partial charge in [0.2, 0.25) is 0 Å². The summed E-state index contributed by atoms with van der Waals surface area (Å²) >= 11 is 3.70. The molecule has 72 valence electrons. The zero-order valence-corrected chi connectivity index (χ0v) is 10.1. The maximum absolute atomic E-state index is 10.7. The topological polar surface area (TPSA) is 37.3 Å². The molecule has 0 bridgehead atoms. The van der Waals surface area contributed by atoms with Crippen molar-refractivity contribution in [1.82, 2.24) is 0 Å². The first kappa shape index (κ1) is 10.1. The summed E-state index contributed by atoms with van der Waals surface area (Å²) in [6.07, 6.45) is 0.854. The van der Waals surface area contributed by atoms with Crippen LogP contribution >= 0.6 is 33.9 Å². The highest BCUT2D eigenvalue weighted by atomic mass is 127. The Kier molecular flexibility index (Phi) is 2.85. The van der Waals surface area contributed by atoms with Crippen molar-refractivity contribution in [3.63, 3.8) is 0 Å². The Hall–Kier alpha value is -0.460. The summed E-state index contributed by atoms with van der Waals surface area (Å²) in [4.78, 5) is 10.7. The molecule has 4 heteroatoms. The summed E-state index contributed by atoms with van der Waals surface area (Å²) in [6, 6.07) is 3.85. The van der Waals surface area contributed by atoms with Gasteiger partial charge in [-0.15, -0.1) is 11.3 Å². The molecule has 0 radical (unpaired) electrons. The van der Waals surface area contributed by atoms with Crippen molar-refractivity contribution in [2.45, 2.75) is 6.61 Å². The number of fused-ring (bicyclic) bond motifs is 1. The number of hydrogen-bond donors (Lipinski definition) is 1. The molecule has 0 saturated carbocycles. The van der Waals surface area contributed by atoms with Crippen LogP contribution in [-0.4, -0.2) is 11.4 Å². The number of aldehydes is 1. The van der Waals surface area contributed by atoms with Crippen LogP contribution in [0.4, 0.5) is 0 Å². The fraction of sp³-hybridized carbons (Fsp3) is 0.100. The van der Waals surface area contributed by atoms with Crippen molar-refractivity contribution in [3.8, 4) is 0 Å². The summed E-state index contributed by atoms with van der Waals surface area (Å²) in [5.41, 5.74) is 1.62. The minimum Gasteiger partial charge on any atom is -0.392 e. The van der Waals surface area contributed by atoms with Gasteiger partial charge in [0.25, 0.3) is 0 Å². The Balaban J connectivity index is 2.83. The monoisotopic (exact) mass is 318 g/mol. The summed E-state index contributed by atoms with van der Waals surface area (Å²) in [5, 5.41) is 12.0. The number of thiophene rings is 1. The first-order valence-electron chi connectivity index (χ1n) is 4.02. The molecule has 0 atom stereocenters. The number of aliphatic hydroxyl groups is 1. The highest BCUT2D eigenvalue weighted by molar-refractivity contribution is 14.1. The van der Waals surface area contributed by atoms with Crippen LogP contribution in [0.25, 0.3) is 10.1 Å². The maximum atomic E-state index is 10.7. The molecule has 0 aliphatic carbocycles. The van der Waals surface area contributed by atoms with Crippen LogP contribution in [0.1, 0.15) is 15.9 Å². The Morgan fingerprint density at radius 2 is 2.29 bits per heavy atom. The molecule has 1 aromatic carbocycles. The molecule has 1 heterocycles. The van der Waals surface area contributed by atoms with E-state index in [1.165, 1.54) is 11.3 Å². The number of halogens is 1. The van der Waals surface area contributed by atoms with E-state index in [-0.39, 0.29) is 6.61 Å². The zero-order valence-electron chi connectivity index (χ0n) is 7.16. The molecule has 0 aliphatic rings. The lowest BCUT2D eigenvalue weighted by atomic mass is 10.1. The standard InChI is InChI=1S/C10H7IO2S/c11-9-2-1-7-6(3-12)5-14-10(7)8(9)4-13/h1-3,5,13H,4H2. The molecule has 0 aliphatic heterocycles. The van der Waals surface area contributed by atoms with Gasteiger partial charge < -0.3 is 5.11 Å². The highest BCUT2D eigenvalue weighted by Crippen LogP contribution is 2.31. The second kappa shape index (κ2) is 3.96. The van der Waals surface area contributed by atoms with E-state index in [9.17, 15) is 9.90 Å². The third kappa shape index (κ3) is 1.47. The lowest BCUT2D eigenvalue weighted by Gasteiger charge is -2.01. The maximum Gasteiger partial charge on any atom is 0.151 e. The second-order valence-corrected chi connectivity index (χ2v) is 4.91. The van der Waals surface area contributed by atoms with E-state index in [0.29, 0.717) is 5.56 Å². The normalized spacial score (nSPS) is 10.7. The Bertz CT molecular complexity index is 490. The van der Waals surface area contributed by atoms with E-state index in [0.717, 1.165) is 25.5 Å². The van der Waals surface area contributed by atoms with Gasteiger partial charge in [0, 0.05) is 30.2 Å². The van der Waals surface area contributed by atoms with Crippen LogP contribution in [-0.2, 0) is 6.61 Å². The third-order valence-corrected chi connectivity index (χ3v) is 4.19. The second-order valence-electron chi connectivity index (χ2n) is 2.87. The molecular weight excluding hydrogens is 311 g/mol. The van der Waals surface area contributed by atoms with Crippen molar-refractivity contribution in [2.75, 3.05) is 0 Å². The molecule has 2 aromatic rings. The predicted molar refractivity (Wildman–Crippen MR) is 65.9 cm³/mol. The quantitative estimate of drug-likeness (QED) is 0.683. The number of benzene rings is 1. The number of hydrogen-bond acceptors (Lipinski definition) is 3. The molecule has 0 spiro atoms. The smallest absolute Gasteiger partial charge is 0.151 e. The summed E-state index contributed by atoms with van der Waals surface area (Å²) in [7, 11) is 0. The Morgan fingerprint density at radius 1 is 1.50 bits per heavy atom. The van der Waals surface area contributed by atoms with Gasteiger partial charge in [0.1, 0.15) is 0 Å². The minimum atomic E-state index is 0.0222. The average Bonchev–Trinajstić information content (AvgIpc) is 2.60. The fourth-order valence-corrected chi connectivity index (χ4v) is 3.25. The van der Waals surface area contributed by atoms with Crippen molar-refractivity contribution >= 4 is 50.3 Å². The van der Waals surface area contributed by atoms with Crippen LogP contribution in [0, 0.1) is 3.57 Å². The van der Waals surface area contributed by atoms with E-state index in [2.05, 4.69) is 22.6 Å². The van der Waals surface area contributed by atoms with Gasteiger partial charge in [-0.3, -0.25) is 4.79 Å². The molecule has 0 saturated heterocycles. The predicted octanol–water partition coefficient (Wildman–Crippen LogP) is 2.81. The van der Waals surface area contributed by atoms with Gasteiger partial charge in [0.05, 0.1) is 6.61 Å². The molecule has 0 fully saturated rings. The van der Waals surface area contributed by atoms with Gasteiger partial charge in [-0.1, -0.05) is 6.07 Å². The Labute approximate surface area is 98.7 Å². The fourth-order valence-electron chi connectivity index (χ4n) is 1.39. The zero-order chi connectivity index (χ0) is 10.1. The van der Waals surface area contributed by atoms with Gasteiger partial charge in [0.15, 0.2) is 6.29 Å². The third-order valence-electron chi connectivity index (χ3n) is 2.10. The highest BCUT2D eigenvalue weighted by Gasteiger charge is 2.09. The molecular formula is C10H7IO2S. The lowest BCUT2D eigenvalue weighted by Crippen LogP contribution is -1.88. The summed E-state index contributed by atoms with van der Waals surface area (Å²) < 4.78 is 2.05. The van der Waals surface area contributed by atoms with E-state index in [4.69, 9.17) is 0 Å². The van der Waals surface area contributed by atoms with E-state index >= 15 is 0 Å². The first-order valence-corrected chi connectivity index (χ1v) is 5.98. The van der Waals surface area contributed by atoms with E-state index in [1.807, 2.05) is 17.5 Å². The van der Waals surface area contributed by atoms with Crippen LogP contribution < -0.4 is 0 Å². The van der Waals surface area contributed by atoms with Crippen molar-refractivity contribution in [2.24, 2.45) is 0 Å². The number of aliphatic hydroxyl groups excluding tert-OH is 1. The van der Waals surface area contributed by atoms with Gasteiger partial charge in [-0.2, -0.15) is 0 Å². The van der Waals surface area contributed by atoms with Crippen molar-refractivity contribution < 1.29 is 9.90 Å². The summed E-state index contributed by atoms with van der Waals surface area (Å²) in [5.74, 6) is 0. The summed E-state index contributed by atoms with van der Waals surface area (Å²) in [6.45, 7) is 0.0222. The number of carbonyl (C=O) groups excluding carboxylic acids is 1. The molecule has 1 aromatic heterocycles. The average molecular weight is 318 g/mol. The van der Waals surface area contributed by atoms with Crippen LogP contribution in [0.15, 0.2) is 17.5 Å². The number of rotatable bonds is 2. The minimum absolute atomic E-state index is 0.0222. The molecule has 2 nitrogen and oxygen atoms in total. The number of carbonyl (C=O) groups is 1. The molecule has 0 amide bonds. The van der Waals surface area contributed by atoms with Crippen molar-refractivity contribution in [1.29, 1.82) is 0 Å². The molecule has 14 heavy (non-hydrogen) atoms. The lowest BCUT2D eigenvalue weighted by molar-refractivity contribution is 0.112. The molecule has 1 N–H and O–H groups in total. The molecule has 0 unspecified atom stereocenters. The van der Waals surface area contributed by atoms with Crippen LogP contribution in [0.3, 0.4) is 0 Å². The van der Waals surface area contributed by atoms with Gasteiger partial charge in [-0.05, 0) is 28.7 Å². The van der Waals surface area contributed by atoms with Crippen LogP contribution in [0.2, 0.25) is 0 Å². The Morgan fingerprint density at radius 3 is 2.93 bits per heavy atom. The first-order chi connectivity index (χ1) is 6.77. The SMILES string of the molecule is O=Cc1csc2c(CO)c(I)ccc12. The van der Waals surface area contributed by atoms with Gasteiger partial charge >= 0.3 is 0 Å². The molecule has 2 rings (SSSR count).